The second-order valence-corrected chi connectivity index (χ2v) is 2.73. The summed E-state index contributed by atoms with van der Waals surface area (Å²) >= 11 is 0. The van der Waals surface area contributed by atoms with Crippen molar-refractivity contribution in [3.8, 4) is 0 Å². The Balaban J connectivity index is 2.47. The van der Waals surface area contributed by atoms with Gasteiger partial charge in [0.25, 0.3) is 0 Å². The molecule has 12 heavy (non-hydrogen) atoms. The highest BCUT2D eigenvalue weighted by atomic mass is 19.1. The van der Waals surface area contributed by atoms with Crippen LogP contribution in [0, 0.1) is 5.82 Å². The third kappa shape index (κ3) is 2.87. The van der Waals surface area contributed by atoms with E-state index in [0.29, 0.717) is 0 Å². The van der Waals surface area contributed by atoms with Crippen molar-refractivity contribution >= 4 is 0 Å². The van der Waals surface area contributed by atoms with Crippen molar-refractivity contribution in [3.63, 3.8) is 0 Å². The van der Waals surface area contributed by atoms with Gasteiger partial charge in [-0.1, -0.05) is 24.3 Å². The first-order valence-corrected chi connectivity index (χ1v) is 4.18. The van der Waals surface area contributed by atoms with Gasteiger partial charge in [0.1, 0.15) is 5.82 Å². The van der Waals surface area contributed by atoms with E-state index < -0.39 is 0 Å². The van der Waals surface area contributed by atoms with Crippen LogP contribution in [0.2, 0.25) is 0 Å². The topological polar surface area (TPSA) is 0 Å². The molecule has 0 radical (unpaired) electrons. The lowest BCUT2D eigenvalue weighted by molar-refractivity contribution is 0.627. The molecule has 0 aromatic heterocycles. The zero-order valence-electron chi connectivity index (χ0n) is 7.26. The lowest BCUT2D eigenvalue weighted by Crippen LogP contribution is -1.83. The average molecular weight is 164 g/mol. The lowest BCUT2D eigenvalue weighted by atomic mass is 10.1. The fourth-order valence-corrected chi connectivity index (χ4v) is 1.07. The van der Waals surface area contributed by atoms with Gasteiger partial charge in [-0.3, -0.25) is 0 Å². The molecule has 0 atom stereocenters. The van der Waals surface area contributed by atoms with E-state index in [9.17, 15) is 4.39 Å². The van der Waals surface area contributed by atoms with Crippen LogP contribution in [0.25, 0.3) is 0 Å². The molecule has 0 saturated heterocycles. The van der Waals surface area contributed by atoms with Crippen molar-refractivity contribution in [2.45, 2.75) is 19.8 Å². The summed E-state index contributed by atoms with van der Waals surface area (Å²) in [4.78, 5) is 0. The Morgan fingerprint density at radius 2 is 1.92 bits per heavy atom. The Morgan fingerprint density at radius 3 is 2.50 bits per heavy atom. The van der Waals surface area contributed by atoms with E-state index in [1.807, 2.05) is 25.1 Å². The van der Waals surface area contributed by atoms with Crippen molar-refractivity contribution in [3.05, 3.63) is 47.8 Å². The van der Waals surface area contributed by atoms with Crippen molar-refractivity contribution < 1.29 is 4.39 Å². The van der Waals surface area contributed by atoms with Gasteiger partial charge >= 0.3 is 0 Å². The van der Waals surface area contributed by atoms with Gasteiger partial charge in [-0.2, -0.15) is 0 Å². The molecule has 0 unspecified atom stereocenters. The van der Waals surface area contributed by atoms with E-state index in [4.69, 9.17) is 0 Å². The molecule has 1 rings (SSSR count). The van der Waals surface area contributed by atoms with E-state index in [1.54, 1.807) is 0 Å². The SMILES string of the molecule is C/C=C\CCc1ccc(F)cc1. The fraction of sp³-hybridized carbons (Fsp3) is 0.273. The van der Waals surface area contributed by atoms with Crippen molar-refractivity contribution in [2.75, 3.05) is 0 Å². The first-order chi connectivity index (χ1) is 5.83. The Bertz CT molecular complexity index is 246. The Labute approximate surface area is 72.7 Å². The van der Waals surface area contributed by atoms with Gasteiger partial charge in [0.2, 0.25) is 0 Å². The normalized spacial score (nSPS) is 10.8. The van der Waals surface area contributed by atoms with Crippen LogP contribution in [0.5, 0.6) is 0 Å². The van der Waals surface area contributed by atoms with Gasteiger partial charge < -0.3 is 0 Å². The highest BCUT2D eigenvalue weighted by Gasteiger charge is 1.91. The number of halogens is 1. The summed E-state index contributed by atoms with van der Waals surface area (Å²) in [5, 5.41) is 0. The van der Waals surface area contributed by atoms with Crippen LogP contribution < -0.4 is 0 Å². The van der Waals surface area contributed by atoms with Crippen LogP contribution >= 0.6 is 0 Å². The molecule has 0 bridgehead atoms. The summed E-state index contributed by atoms with van der Waals surface area (Å²) in [6.45, 7) is 2.00. The smallest absolute Gasteiger partial charge is 0.123 e. The highest BCUT2D eigenvalue weighted by molar-refractivity contribution is 5.16. The summed E-state index contributed by atoms with van der Waals surface area (Å²) < 4.78 is 12.5. The van der Waals surface area contributed by atoms with Crippen LogP contribution in [-0.4, -0.2) is 0 Å². The molecule has 0 heterocycles. The number of hydrogen-bond donors (Lipinski definition) is 0. The van der Waals surface area contributed by atoms with Crippen LogP contribution in [0.15, 0.2) is 36.4 Å². The maximum atomic E-state index is 12.5. The minimum absolute atomic E-state index is 0.162. The summed E-state index contributed by atoms with van der Waals surface area (Å²) in [7, 11) is 0. The third-order valence-corrected chi connectivity index (χ3v) is 1.75. The monoisotopic (exact) mass is 164 g/mol. The van der Waals surface area contributed by atoms with E-state index in [-0.39, 0.29) is 5.82 Å². The molecule has 1 heteroatoms. The summed E-state index contributed by atoms with van der Waals surface area (Å²) in [6.07, 6.45) is 6.17. The minimum atomic E-state index is -0.162. The van der Waals surface area contributed by atoms with Crippen LogP contribution in [0.4, 0.5) is 4.39 Å². The molecule has 0 nitrogen and oxygen atoms in total. The first kappa shape index (κ1) is 8.98. The Kier molecular flexibility index (Phi) is 3.52. The molecular weight excluding hydrogens is 151 g/mol. The van der Waals surface area contributed by atoms with E-state index >= 15 is 0 Å². The first-order valence-electron chi connectivity index (χ1n) is 4.18. The average Bonchev–Trinajstić information content (AvgIpc) is 2.09. The van der Waals surface area contributed by atoms with Gasteiger partial charge in [-0.15, -0.1) is 0 Å². The largest absolute Gasteiger partial charge is 0.207 e. The molecule has 0 spiro atoms. The second kappa shape index (κ2) is 4.70. The molecular formula is C11H13F. The number of allylic oxidation sites excluding steroid dienone is 2. The van der Waals surface area contributed by atoms with Crippen molar-refractivity contribution in [1.29, 1.82) is 0 Å². The van der Waals surface area contributed by atoms with Crippen molar-refractivity contribution in [2.24, 2.45) is 0 Å². The van der Waals surface area contributed by atoms with Gasteiger partial charge in [-0.25, -0.2) is 4.39 Å². The van der Waals surface area contributed by atoms with E-state index in [2.05, 4.69) is 6.08 Å². The summed E-state index contributed by atoms with van der Waals surface area (Å²) in [5.41, 5.74) is 1.19. The molecule has 64 valence electrons. The third-order valence-electron chi connectivity index (χ3n) is 1.75. The van der Waals surface area contributed by atoms with E-state index in [1.165, 1.54) is 17.7 Å². The van der Waals surface area contributed by atoms with Crippen LogP contribution in [0.1, 0.15) is 18.9 Å². The standard InChI is InChI=1S/C11H13F/c1-2-3-4-5-10-6-8-11(12)9-7-10/h2-3,6-9H,4-5H2,1H3/b3-2-. The minimum Gasteiger partial charge on any atom is -0.207 e. The molecule has 0 aliphatic rings. The molecule has 0 saturated carbocycles. The predicted molar refractivity (Wildman–Crippen MR) is 49.5 cm³/mol. The number of aryl methyl sites for hydroxylation is 1. The van der Waals surface area contributed by atoms with Gasteiger partial charge in [0.15, 0.2) is 0 Å². The molecule has 0 aliphatic carbocycles. The maximum absolute atomic E-state index is 12.5. The Hall–Kier alpha value is -1.11. The molecule has 0 aliphatic heterocycles. The maximum Gasteiger partial charge on any atom is 0.123 e. The molecule has 1 aromatic rings. The number of benzene rings is 1. The van der Waals surface area contributed by atoms with Gasteiger partial charge in [-0.05, 0) is 37.5 Å². The van der Waals surface area contributed by atoms with Gasteiger partial charge in [0, 0.05) is 0 Å². The highest BCUT2D eigenvalue weighted by Crippen LogP contribution is 2.05. The summed E-state index contributed by atoms with van der Waals surface area (Å²) in [5.74, 6) is -0.162. The molecule has 0 amide bonds. The predicted octanol–water partition coefficient (Wildman–Crippen LogP) is 3.33. The van der Waals surface area contributed by atoms with E-state index in [0.717, 1.165) is 12.8 Å². The number of hydrogen-bond acceptors (Lipinski definition) is 0. The summed E-state index contributed by atoms with van der Waals surface area (Å²) in [6, 6.07) is 6.67. The zero-order valence-corrected chi connectivity index (χ0v) is 7.26. The molecule has 0 fully saturated rings. The molecule has 1 aromatic carbocycles. The molecule has 0 N–H and O–H groups in total. The van der Waals surface area contributed by atoms with Crippen LogP contribution in [-0.2, 0) is 6.42 Å². The fourth-order valence-electron chi connectivity index (χ4n) is 1.07. The van der Waals surface area contributed by atoms with Crippen molar-refractivity contribution in [1.82, 2.24) is 0 Å². The second-order valence-electron chi connectivity index (χ2n) is 2.73. The Morgan fingerprint density at radius 1 is 1.25 bits per heavy atom. The lowest BCUT2D eigenvalue weighted by Gasteiger charge is -1.96. The van der Waals surface area contributed by atoms with Crippen LogP contribution in [0.3, 0.4) is 0 Å². The quantitative estimate of drug-likeness (QED) is 0.601. The number of rotatable bonds is 3. The van der Waals surface area contributed by atoms with Gasteiger partial charge in [0.05, 0.1) is 0 Å². The zero-order chi connectivity index (χ0) is 8.81.